The highest BCUT2D eigenvalue weighted by atomic mass is 32.1. The molecule has 1 aliphatic carbocycles. The average Bonchev–Trinajstić information content (AvgIpc) is 3.37. The van der Waals surface area contributed by atoms with Gasteiger partial charge in [0.15, 0.2) is 0 Å². The number of carbonyl (C=O) groups is 2. The fourth-order valence-electron chi connectivity index (χ4n) is 3.65. The van der Waals surface area contributed by atoms with Crippen LogP contribution in [-0.4, -0.2) is 34.6 Å². The van der Waals surface area contributed by atoms with E-state index in [9.17, 15) is 9.59 Å². The van der Waals surface area contributed by atoms with Gasteiger partial charge >= 0.3 is 0 Å². The van der Waals surface area contributed by atoms with Gasteiger partial charge in [-0.3, -0.25) is 14.5 Å². The second-order valence-corrected chi connectivity index (χ2v) is 8.08. The topological polar surface area (TPSA) is 75.2 Å². The molecule has 1 saturated carbocycles. The van der Waals surface area contributed by atoms with Crippen LogP contribution in [0.15, 0.2) is 30.3 Å². The van der Waals surface area contributed by atoms with Crippen molar-refractivity contribution < 1.29 is 9.59 Å². The largest absolute Gasteiger partial charge is 0.353 e. The summed E-state index contributed by atoms with van der Waals surface area (Å²) < 4.78 is 0. The first kappa shape index (κ1) is 17.1. The maximum atomic E-state index is 12.4. The molecule has 0 bridgehead atoms. The summed E-state index contributed by atoms with van der Waals surface area (Å²) in [7, 11) is 0. The lowest BCUT2D eigenvalue weighted by molar-refractivity contribution is -0.126. The van der Waals surface area contributed by atoms with E-state index in [1.54, 1.807) is 4.90 Å². The first-order chi connectivity index (χ1) is 12.7. The molecule has 1 atom stereocenters. The van der Waals surface area contributed by atoms with Crippen molar-refractivity contribution in [2.45, 2.75) is 44.6 Å². The standard InChI is InChI=1S/C19H22N4O2S/c24-17-11-14(18(25)20-15-8-4-5-9-15)12-23(17)19-22-21-16(26-19)10-13-6-2-1-3-7-13/h1-3,6-7,14-15H,4-5,8-12H2,(H,20,25). The zero-order chi connectivity index (χ0) is 17.9. The molecule has 6 nitrogen and oxygen atoms in total. The number of hydrogen-bond acceptors (Lipinski definition) is 5. The molecule has 26 heavy (non-hydrogen) atoms. The Morgan fingerprint density at radius 1 is 1.19 bits per heavy atom. The molecule has 7 heteroatoms. The van der Waals surface area contributed by atoms with Crippen molar-refractivity contribution in [1.29, 1.82) is 0 Å². The van der Waals surface area contributed by atoms with Gasteiger partial charge in [-0.25, -0.2) is 0 Å². The smallest absolute Gasteiger partial charge is 0.229 e. The number of carbonyl (C=O) groups excluding carboxylic acids is 2. The van der Waals surface area contributed by atoms with Gasteiger partial charge in [-0.1, -0.05) is 54.5 Å². The van der Waals surface area contributed by atoms with Gasteiger partial charge < -0.3 is 5.32 Å². The summed E-state index contributed by atoms with van der Waals surface area (Å²) >= 11 is 1.43. The van der Waals surface area contributed by atoms with Crippen LogP contribution in [0.25, 0.3) is 0 Å². The number of aromatic nitrogens is 2. The minimum atomic E-state index is -0.287. The van der Waals surface area contributed by atoms with Crippen LogP contribution in [0.5, 0.6) is 0 Å². The SMILES string of the molecule is O=C(NC1CCCC1)C1CC(=O)N(c2nnc(Cc3ccccc3)s2)C1. The van der Waals surface area contributed by atoms with Gasteiger partial charge in [0.25, 0.3) is 0 Å². The van der Waals surface area contributed by atoms with E-state index in [2.05, 4.69) is 15.5 Å². The fraction of sp³-hybridized carbons (Fsp3) is 0.474. The molecular formula is C19H22N4O2S. The Morgan fingerprint density at radius 3 is 2.73 bits per heavy atom. The number of amides is 2. The summed E-state index contributed by atoms with van der Waals surface area (Å²) in [6.45, 7) is 0.400. The maximum Gasteiger partial charge on any atom is 0.229 e. The lowest BCUT2D eigenvalue weighted by Crippen LogP contribution is -2.38. The lowest BCUT2D eigenvalue weighted by atomic mass is 10.1. The summed E-state index contributed by atoms with van der Waals surface area (Å²) in [6, 6.07) is 10.3. The number of hydrogen-bond donors (Lipinski definition) is 1. The highest BCUT2D eigenvalue weighted by molar-refractivity contribution is 7.15. The molecular weight excluding hydrogens is 348 g/mol. The third-order valence-corrected chi connectivity index (χ3v) is 6.03. The van der Waals surface area contributed by atoms with E-state index in [1.165, 1.54) is 24.2 Å². The molecule has 2 aromatic rings. The molecule has 1 aliphatic heterocycles. The predicted octanol–water partition coefficient (Wildman–Crippen LogP) is 2.54. The van der Waals surface area contributed by atoms with Crippen molar-refractivity contribution in [1.82, 2.24) is 15.5 Å². The van der Waals surface area contributed by atoms with Crippen LogP contribution in [0.2, 0.25) is 0 Å². The molecule has 1 N–H and O–H groups in total. The van der Waals surface area contributed by atoms with Crippen LogP contribution in [-0.2, 0) is 16.0 Å². The summed E-state index contributed by atoms with van der Waals surface area (Å²) in [5.41, 5.74) is 1.16. The Bertz CT molecular complexity index is 786. The number of nitrogens with zero attached hydrogens (tertiary/aromatic N) is 3. The molecule has 0 spiro atoms. The Balaban J connectivity index is 1.38. The molecule has 1 aromatic heterocycles. The minimum absolute atomic E-state index is 0.00164. The first-order valence-corrected chi connectivity index (χ1v) is 9.98. The molecule has 136 valence electrons. The van der Waals surface area contributed by atoms with E-state index in [1.807, 2.05) is 30.3 Å². The molecule has 1 unspecified atom stereocenters. The third kappa shape index (κ3) is 3.77. The van der Waals surface area contributed by atoms with E-state index in [0.29, 0.717) is 18.1 Å². The van der Waals surface area contributed by atoms with E-state index >= 15 is 0 Å². The van der Waals surface area contributed by atoms with Gasteiger partial charge in [-0.05, 0) is 18.4 Å². The third-order valence-electron chi connectivity index (χ3n) is 5.08. The van der Waals surface area contributed by atoms with Crippen molar-refractivity contribution in [3.63, 3.8) is 0 Å². The zero-order valence-electron chi connectivity index (χ0n) is 14.6. The lowest BCUT2D eigenvalue weighted by Gasteiger charge is -2.16. The Kier molecular flexibility index (Phi) is 4.97. The van der Waals surface area contributed by atoms with Crippen molar-refractivity contribution >= 4 is 28.3 Å². The van der Waals surface area contributed by atoms with Gasteiger partial charge in [0.05, 0.1) is 5.92 Å². The van der Waals surface area contributed by atoms with Crippen molar-refractivity contribution in [2.75, 3.05) is 11.4 Å². The molecule has 0 radical (unpaired) electrons. The van der Waals surface area contributed by atoms with E-state index in [-0.39, 0.29) is 30.2 Å². The molecule has 2 fully saturated rings. The minimum Gasteiger partial charge on any atom is -0.353 e. The van der Waals surface area contributed by atoms with Crippen molar-refractivity contribution in [2.24, 2.45) is 5.92 Å². The summed E-state index contributed by atoms with van der Waals surface area (Å²) in [5.74, 6) is -0.328. The Hall–Kier alpha value is -2.28. The van der Waals surface area contributed by atoms with E-state index in [4.69, 9.17) is 0 Å². The highest BCUT2D eigenvalue weighted by Crippen LogP contribution is 2.29. The maximum absolute atomic E-state index is 12.4. The predicted molar refractivity (Wildman–Crippen MR) is 100 cm³/mol. The molecule has 2 amide bonds. The molecule has 4 rings (SSSR count). The van der Waals surface area contributed by atoms with Gasteiger partial charge in [0, 0.05) is 25.4 Å². The Morgan fingerprint density at radius 2 is 1.96 bits per heavy atom. The molecule has 1 saturated heterocycles. The van der Waals surface area contributed by atoms with Crippen molar-refractivity contribution in [3.05, 3.63) is 40.9 Å². The van der Waals surface area contributed by atoms with Crippen LogP contribution < -0.4 is 10.2 Å². The fourth-order valence-corrected chi connectivity index (χ4v) is 4.55. The second-order valence-electron chi connectivity index (χ2n) is 7.04. The van der Waals surface area contributed by atoms with Gasteiger partial charge in [0.2, 0.25) is 16.9 Å². The van der Waals surface area contributed by atoms with E-state index < -0.39 is 0 Å². The zero-order valence-corrected chi connectivity index (χ0v) is 15.4. The van der Waals surface area contributed by atoms with E-state index in [0.717, 1.165) is 23.4 Å². The molecule has 2 heterocycles. The normalized spacial score (nSPS) is 20.7. The van der Waals surface area contributed by atoms with Gasteiger partial charge in [0.1, 0.15) is 5.01 Å². The number of anilines is 1. The van der Waals surface area contributed by atoms with Crippen LogP contribution in [0, 0.1) is 5.92 Å². The number of benzene rings is 1. The second kappa shape index (κ2) is 7.53. The monoisotopic (exact) mass is 370 g/mol. The number of nitrogens with one attached hydrogen (secondary N) is 1. The van der Waals surface area contributed by atoms with Crippen LogP contribution in [0.4, 0.5) is 5.13 Å². The summed E-state index contributed by atoms with van der Waals surface area (Å²) in [5, 5.41) is 13.0. The van der Waals surface area contributed by atoms with Gasteiger partial charge in [-0.15, -0.1) is 10.2 Å². The first-order valence-electron chi connectivity index (χ1n) is 9.16. The van der Waals surface area contributed by atoms with Crippen LogP contribution in [0.3, 0.4) is 0 Å². The summed E-state index contributed by atoms with van der Waals surface area (Å²) in [6.07, 6.45) is 5.41. The average molecular weight is 370 g/mol. The molecule has 1 aromatic carbocycles. The van der Waals surface area contributed by atoms with Crippen LogP contribution in [0.1, 0.15) is 42.7 Å². The van der Waals surface area contributed by atoms with Gasteiger partial charge in [-0.2, -0.15) is 0 Å². The Labute approximate surface area is 156 Å². The number of rotatable bonds is 5. The van der Waals surface area contributed by atoms with Crippen LogP contribution >= 0.6 is 11.3 Å². The molecule has 2 aliphatic rings. The summed E-state index contributed by atoms with van der Waals surface area (Å²) in [4.78, 5) is 26.4. The quantitative estimate of drug-likeness (QED) is 0.878. The highest BCUT2D eigenvalue weighted by Gasteiger charge is 2.37. The van der Waals surface area contributed by atoms with Crippen molar-refractivity contribution in [3.8, 4) is 0 Å².